The van der Waals surface area contributed by atoms with Crippen molar-refractivity contribution in [1.29, 1.82) is 0 Å². The number of rotatable bonds is 3. The lowest BCUT2D eigenvalue weighted by Crippen LogP contribution is -2.36. The van der Waals surface area contributed by atoms with Gasteiger partial charge in [0, 0.05) is 30.9 Å². The molecule has 2 aromatic heterocycles. The number of nitrogens with one attached hydrogen (secondary N) is 1. The van der Waals surface area contributed by atoms with E-state index in [2.05, 4.69) is 15.3 Å². The number of carbonyl (C=O) groups excluding carboxylic acids is 1. The molecule has 0 bridgehead atoms. The zero-order valence-corrected chi connectivity index (χ0v) is 18.3. The number of nitrogens with zero attached hydrogens (tertiary/aromatic N) is 3. The molecule has 3 atom stereocenters. The predicted octanol–water partition coefficient (Wildman–Crippen LogP) is 5.22. The van der Waals surface area contributed by atoms with Crippen molar-refractivity contribution in [3.05, 3.63) is 42.4 Å². The predicted molar refractivity (Wildman–Crippen MR) is 114 cm³/mol. The fourth-order valence-corrected chi connectivity index (χ4v) is 4.61. The summed E-state index contributed by atoms with van der Waals surface area (Å²) in [4.78, 5) is 21.8. The first-order valence-electron chi connectivity index (χ1n) is 10.7. The molecule has 32 heavy (non-hydrogen) atoms. The molecule has 2 unspecified atom stereocenters. The monoisotopic (exact) mass is 448 g/mol. The van der Waals surface area contributed by atoms with Crippen LogP contribution < -0.4 is 5.32 Å². The van der Waals surface area contributed by atoms with Gasteiger partial charge < -0.3 is 15.0 Å². The number of hydrogen-bond acceptors (Lipinski definition) is 5. The Labute approximate surface area is 185 Å². The Balaban J connectivity index is 1.35. The van der Waals surface area contributed by atoms with Crippen LogP contribution in [0.15, 0.2) is 36.7 Å². The van der Waals surface area contributed by atoms with Crippen molar-refractivity contribution in [2.45, 2.75) is 51.4 Å². The fraction of sp³-hybridized carbons (Fsp3) is 0.522. The average Bonchev–Trinajstić information content (AvgIpc) is 3.25. The van der Waals surface area contributed by atoms with Gasteiger partial charge in [-0.15, -0.1) is 0 Å². The SMILES string of the molecule is CC(C)(C)OC(=O)N1CC2CC(Nc3ccc(-c4cccnc4C(F)(F)F)nc3)C[C@@H]2C1. The molecule has 3 heterocycles. The maximum absolute atomic E-state index is 13.2. The van der Waals surface area contributed by atoms with Gasteiger partial charge >= 0.3 is 12.3 Å². The maximum Gasteiger partial charge on any atom is 0.434 e. The molecule has 0 aromatic carbocycles. The van der Waals surface area contributed by atoms with Crippen LogP contribution >= 0.6 is 0 Å². The number of hydrogen-bond donors (Lipinski definition) is 1. The van der Waals surface area contributed by atoms with Gasteiger partial charge in [-0.25, -0.2) is 4.79 Å². The molecule has 1 saturated carbocycles. The summed E-state index contributed by atoms with van der Waals surface area (Å²) in [7, 11) is 0. The van der Waals surface area contributed by atoms with Crippen LogP contribution in [-0.2, 0) is 10.9 Å². The van der Waals surface area contributed by atoms with Gasteiger partial charge in [0.05, 0.1) is 17.6 Å². The molecule has 172 valence electrons. The zero-order valence-electron chi connectivity index (χ0n) is 18.3. The van der Waals surface area contributed by atoms with Crippen LogP contribution in [0.3, 0.4) is 0 Å². The third-order valence-electron chi connectivity index (χ3n) is 5.89. The molecule has 4 rings (SSSR count). The highest BCUT2D eigenvalue weighted by molar-refractivity contribution is 5.68. The smallest absolute Gasteiger partial charge is 0.434 e. The number of anilines is 1. The fourth-order valence-electron chi connectivity index (χ4n) is 4.61. The Morgan fingerprint density at radius 3 is 2.34 bits per heavy atom. The van der Waals surface area contributed by atoms with E-state index < -0.39 is 17.5 Å². The van der Waals surface area contributed by atoms with Crippen molar-refractivity contribution in [1.82, 2.24) is 14.9 Å². The second-order valence-electron chi connectivity index (χ2n) is 9.55. The second kappa shape index (κ2) is 8.26. The van der Waals surface area contributed by atoms with Gasteiger partial charge in [-0.05, 0) is 69.7 Å². The molecule has 0 radical (unpaired) electrons. The van der Waals surface area contributed by atoms with Crippen molar-refractivity contribution in [3.63, 3.8) is 0 Å². The molecule has 1 saturated heterocycles. The Bertz CT molecular complexity index is 958. The molecule has 2 fully saturated rings. The number of alkyl halides is 3. The number of pyridine rings is 2. The van der Waals surface area contributed by atoms with Crippen LogP contribution in [0.25, 0.3) is 11.3 Å². The molecule has 2 aromatic rings. The van der Waals surface area contributed by atoms with Gasteiger partial charge in [-0.3, -0.25) is 9.97 Å². The molecule has 2 aliphatic rings. The van der Waals surface area contributed by atoms with Crippen LogP contribution in [0.1, 0.15) is 39.3 Å². The van der Waals surface area contributed by atoms with Crippen LogP contribution in [0.2, 0.25) is 0 Å². The van der Waals surface area contributed by atoms with Crippen molar-refractivity contribution < 1.29 is 22.7 Å². The molecule has 0 spiro atoms. The van der Waals surface area contributed by atoms with Gasteiger partial charge in [0.25, 0.3) is 0 Å². The van der Waals surface area contributed by atoms with E-state index in [0.717, 1.165) is 24.7 Å². The van der Waals surface area contributed by atoms with E-state index in [9.17, 15) is 18.0 Å². The Kier molecular flexibility index (Phi) is 5.77. The summed E-state index contributed by atoms with van der Waals surface area (Å²) in [6, 6.07) is 6.41. The zero-order chi connectivity index (χ0) is 23.1. The van der Waals surface area contributed by atoms with Crippen molar-refractivity contribution in [3.8, 4) is 11.3 Å². The van der Waals surface area contributed by atoms with E-state index in [4.69, 9.17) is 4.74 Å². The van der Waals surface area contributed by atoms with Gasteiger partial charge in [0.15, 0.2) is 5.69 Å². The van der Waals surface area contributed by atoms with Crippen LogP contribution in [0.4, 0.5) is 23.7 Å². The van der Waals surface area contributed by atoms with E-state index in [0.29, 0.717) is 24.9 Å². The normalized spacial score (nSPS) is 23.2. The van der Waals surface area contributed by atoms with E-state index in [1.807, 2.05) is 20.8 Å². The molecular weight excluding hydrogens is 421 g/mol. The highest BCUT2D eigenvalue weighted by Crippen LogP contribution is 2.40. The molecule has 1 N–H and O–H groups in total. The average molecular weight is 448 g/mol. The highest BCUT2D eigenvalue weighted by Gasteiger charge is 2.43. The van der Waals surface area contributed by atoms with Crippen LogP contribution in [-0.4, -0.2) is 45.7 Å². The number of aromatic nitrogens is 2. The molecule has 1 aliphatic carbocycles. The highest BCUT2D eigenvalue weighted by atomic mass is 19.4. The van der Waals surface area contributed by atoms with Gasteiger partial charge in [0.2, 0.25) is 0 Å². The number of ether oxygens (including phenoxy) is 1. The third-order valence-corrected chi connectivity index (χ3v) is 5.89. The van der Waals surface area contributed by atoms with Crippen LogP contribution in [0, 0.1) is 11.8 Å². The molecule has 1 aliphatic heterocycles. The van der Waals surface area contributed by atoms with E-state index in [1.165, 1.54) is 12.1 Å². The Morgan fingerprint density at radius 1 is 1.09 bits per heavy atom. The molecule has 1 amide bonds. The topological polar surface area (TPSA) is 67.3 Å². The van der Waals surface area contributed by atoms with Gasteiger partial charge in [-0.2, -0.15) is 13.2 Å². The lowest BCUT2D eigenvalue weighted by molar-refractivity contribution is -0.140. The summed E-state index contributed by atoms with van der Waals surface area (Å²) < 4.78 is 45.1. The quantitative estimate of drug-likeness (QED) is 0.697. The summed E-state index contributed by atoms with van der Waals surface area (Å²) in [6.45, 7) is 6.96. The number of halogens is 3. The Morgan fingerprint density at radius 2 is 1.78 bits per heavy atom. The minimum Gasteiger partial charge on any atom is -0.444 e. The summed E-state index contributed by atoms with van der Waals surface area (Å²) in [5.74, 6) is 0.828. The number of amides is 1. The second-order valence-corrected chi connectivity index (χ2v) is 9.55. The van der Waals surface area contributed by atoms with Crippen molar-refractivity contribution >= 4 is 11.8 Å². The maximum atomic E-state index is 13.2. The first-order valence-corrected chi connectivity index (χ1v) is 10.7. The third kappa shape index (κ3) is 4.97. The minimum atomic E-state index is -4.54. The standard InChI is InChI=1S/C23H27F3N4O2/c1-22(2,3)32-21(31)30-12-14-9-17(10-15(14)13-30)29-16-6-7-19(28-11-16)18-5-4-8-27-20(18)23(24,25)26/h4-8,11,14-15,17,29H,9-10,12-13H2,1-3H3/t14-,15?,17?/m1/s1. The summed E-state index contributed by atoms with van der Waals surface area (Å²) in [6.07, 6.45) is -0.264. The number of fused-ring (bicyclic) bond motifs is 1. The number of likely N-dealkylation sites (tertiary alicyclic amines) is 1. The molecular formula is C23H27F3N4O2. The van der Waals surface area contributed by atoms with E-state index >= 15 is 0 Å². The number of carbonyl (C=O) groups is 1. The first kappa shape index (κ1) is 22.4. The van der Waals surface area contributed by atoms with Crippen molar-refractivity contribution in [2.75, 3.05) is 18.4 Å². The summed E-state index contributed by atoms with van der Waals surface area (Å²) in [5.41, 5.74) is -0.489. The van der Waals surface area contributed by atoms with E-state index in [-0.39, 0.29) is 23.4 Å². The first-order chi connectivity index (χ1) is 15.0. The lowest BCUT2D eigenvalue weighted by Gasteiger charge is -2.25. The largest absolute Gasteiger partial charge is 0.444 e. The summed E-state index contributed by atoms with van der Waals surface area (Å²) in [5, 5.41) is 3.44. The lowest BCUT2D eigenvalue weighted by atomic mass is 10.0. The van der Waals surface area contributed by atoms with Crippen molar-refractivity contribution in [2.24, 2.45) is 11.8 Å². The summed E-state index contributed by atoms with van der Waals surface area (Å²) >= 11 is 0. The molecule has 9 heteroatoms. The van der Waals surface area contributed by atoms with E-state index in [1.54, 1.807) is 23.2 Å². The van der Waals surface area contributed by atoms with Gasteiger partial charge in [0.1, 0.15) is 5.60 Å². The Hall–Kier alpha value is -2.84. The van der Waals surface area contributed by atoms with Gasteiger partial charge in [-0.1, -0.05) is 0 Å². The van der Waals surface area contributed by atoms with Crippen LogP contribution in [0.5, 0.6) is 0 Å². The molecule has 6 nitrogen and oxygen atoms in total. The minimum absolute atomic E-state index is 0.0378.